The molecular weight excluding hydrogens is 228 g/mol. The summed E-state index contributed by atoms with van der Waals surface area (Å²) in [6.45, 7) is 2.09. The van der Waals surface area contributed by atoms with E-state index in [0.29, 0.717) is 13.2 Å². The van der Waals surface area contributed by atoms with Gasteiger partial charge in [-0.15, -0.1) is 0 Å². The first-order valence-corrected chi connectivity index (χ1v) is 5.47. The Morgan fingerprint density at radius 3 is 2.41 bits per heavy atom. The van der Waals surface area contributed by atoms with Crippen molar-refractivity contribution in [2.45, 2.75) is 31.3 Å². The summed E-state index contributed by atoms with van der Waals surface area (Å²) < 4.78 is 26.5. The molecule has 4 atom stereocenters. The first kappa shape index (κ1) is 14.4. The molecule has 0 aromatic carbocycles. The van der Waals surface area contributed by atoms with Gasteiger partial charge in [0.05, 0.1) is 13.2 Å². The number of methoxy groups -OCH3 is 3. The van der Waals surface area contributed by atoms with E-state index in [1.165, 1.54) is 6.92 Å². The van der Waals surface area contributed by atoms with Crippen molar-refractivity contribution >= 4 is 5.97 Å². The summed E-state index contributed by atoms with van der Waals surface area (Å²) in [6, 6.07) is 0. The lowest BCUT2D eigenvalue weighted by Gasteiger charge is -2.40. The lowest BCUT2D eigenvalue weighted by Crippen LogP contribution is -2.57. The highest BCUT2D eigenvalue weighted by Gasteiger charge is 2.43. The van der Waals surface area contributed by atoms with Gasteiger partial charge in [0.15, 0.2) is 6.10 Å². The van der Waals surface area contributed by atoms with Crippen LogP contribution in [0.5, 0.6) is 0 Å². The van der Waals surface area contributed by atoms with Crippen molar-refractivity contribution in [1.82, 2.24) is 0 Å². The van der Waals surface area contributed by atoms with Gasteiger partial charge in [0, 0.05) is 28.3 Å². The van der Waals surface area contributed by atoms with Crippen molar-refractivity contribution in [3.05, 3.63) is 0 Å². The summed E-state index contributed by atoms with van der Waals surface area (Å²) in [5.41, 5.74) is 0. The number of esters is 1. The maximum Gasteiger partial charge on any atom is 0.303 e. The van der Waals surface area contributed by atoms with Crippen LogP contribution in [0, 0.1) is 0 Å². The Morgan fingerprint density at radius 1 is 1.24 bits per heavy atom. The van der Waals surface area contributed by atoms with Gasteiger partial charge in [-0.25, -0.2) is 0 Å². The molecule has 0 N–H and O–H groups in total. The molecule has 0 saturated carbocycles. The number of carbonyl (C=O) groups is 1. The highest BCUT2D eigenvalue weighted by atomic mass is 16.6. The van der Waals surface area contributed by atoms with Crippen LogP contribution in [0.15, 0.2) is 0 Å². The predicted molar refractivity (Wildman–Crippen MR) is 58.8 cm³/mol. The average molecular weight is 248 g/mol. The first-order valence-electron chi connectivity index (χ1n) is 5.47. The second kappa shape index (κ2) is 6.90. The van der Waals surface area contributed by atoms with E-state index in [-0.39, 0.29) is 18.2 Å². The lowest BCUT2D eigenvalue weighted by atomic mass is 10.00. The van der Waals surface area contributed by atoms with Gasteiger partial charge in [-0.05, 0) is 0 Å². The fourth-order valence-corrected chi connectivity index (χ4v) is 1.96. The topological polar surface area (TPSA) is 63.2 Å². The van der Waals surface area contributed by atoms with Crippen molar-refractivity contribution in [1.29, 1.82) is 0 Å². The van der Waals surface area contributed by atoms with Crippen molar-refractivity contribution < 1.29 is 28.5 Å². The van der Waals surface area contributed by atoms with Crippen LogP contribution in [0.4, 0.5) is 0 Å². The van der Waals surface area contributed by atoms with Crippen LogP contribution in [0.3, 0.4) is 0 Å². The van der Waals surface area contributed by atoms with Gasteiger partial charge in [0.1, 0.15) is 18.3 Å². The standard InChI is InChI=1S/C11H20O6/c1-7(12)17-11-8(14-3)6-16-9(5-13-2)10(11)15-4/h8-11H,5-6H2,1-4H3/t8-,9+,10+,11+/m0/s1. The minimum absolute atomic E-state index is 0.263. The normalized spacial score (nSPS) is 33.4. The molecule has 0 aliphatic carbocycles. The Bertz CT molecular complexity index is 244. The predicted octanol–water partition coefficient (Wildman–Crippen LogP) is -0.00670. The highest BCUT2D eigenvalue weighted by Crippen LogP contribution is 2.23. The maximum absolute atomic E-state index is 11.1. The summed E-state index contributed by atoms with van der Waals surface area (Å²) in [7, 11) is 4.68. The zero-order valence-corrected chi connectivity index (χ0v) is 10.7. The molecule has 0 aromatic heterocycles. The van der Waals surface area contributed by atoms with Gasteiger partial charge in [0.25, 0.3) is 0 Å². The monoisotopic (exact) mass is 248 g/mol. The summed E-state index contributed by atoms with van der Waals surface area (Å²) in [6.07, 6.45) is -1.45. The molecule has 0 unspecified atom stereocenters. The van der Waals surface area contributed by atoms with E-state index in [1.807, 2.05) is 0 Å². The Hall–Kier alpha value is -0.690. The lowest BCUT2D eigenvalue weighted by molar-refractivity contribution is -0.224. The van der Waals surface area contributed by atoms with E-state index >= 15 is 0 Å². The van der Waals surface area contributed by atoms with E-state index in [1.54, 1.807) is 21.3 Å². The van der Waals surface area contributed by atoms with Crippen molar-refractivity contribution in [3.63, 3.8) is 0 Å². The third-order valence-corrected chi connectivity index (χ3v) is 2.74. The van der Waals surface area contributed by atoms with E-state index in [9.17, 15) is 4.79 Å². The SMILES string of the molecule is COC[C@H]1OC[C@H](OC)[C@@H](OC(C)=O)[C@@H]1OC. The Morgan fingerprint density at radius 2 is 1.94 bits per heavy atom. The van der Waals surface area contributed by atoms with Crippen molar-refractivity contribution in [3.8, 4) is 0 Å². The Labute approximate surface area is 101 Å². The second-order valence-corrected chi connectivity index (χ2v) is 3.88. The molecule has 1 heterocycles. The van der Waals surface area contributed by atoms with Gasteiger partial charge in [-0.1, -0.05) is 0 Å². The van der Waals surface area contributed by atoms with Gasteiger partial charge in [-0.2, -0.15) is 0 Å². The molecule has 1 aliphatic heterocycles. The molecule has 0 spiro atoms. The zero-order valence-electron chi connectivity index (χ0n) is 10.7. The molecule has 1 saturated heterocycles. The zero-order chi connectivity index (χ0) is 12.8. The Balaban J connectivity index is 2.76. The summed E-state index contributed by atoms with van der Waals surface area (Å²) in [5, 5.41) is 0. The largest absolute Gasteiger partial charge is 0.457 e. The fraction of sp³-hybridized carbons (Fsp3) is 0.909. The van der Waals surface area contributed by atoms with Crippen molar-refractivity contribution in [2.75, 3.05) is 34.5 Å². The van der Waals surface area contributed by atoms with Gasteiger partial charge >= 0.3 is 5.97 Å². The van der Waals surface area contributed by atoms with E-state index < -0.39 is 12.2 Å². The molecule has 6 heteroatoms. The van der Waals surface area contributed by atoms with Crippen LogP contribution in [-0.2, 0) is 28.5 Å². The minimum Gasteiger partial charge on any atom is -0.457 e. The van der Waals surface area contributed by atoms with E-state index in [2.05, 4.69) is 0 Å². The number of carbonyl (C=O) groups excluding carboxylic acids is 1. The highest BCUT2D eigenvalue weighted by molar-refractivity contribution is 5.66. The quantitative estimate of drug-likeness (QED) is 0.638. The molecule has 0 aromatic rings. The average Bonchev–Trinajstić information content (AvgIpc) is 2.29. The summed E-state index contributed by atoms with van der Waals surface area (Å²) in [4.78, 5) is 11.1. The number of hydrogen-bond donors (Lipinski definition) is 0. The van der Waals surface area contributed by atoms with Crippen LogP contribution in [0.1, 0.15) is 6.92 Å². The molecule has 1 fully saturated rings. The third kappa shape index (κ3) is 3.64. The molecular formula is C11H20O6. The van der Waals surface area contributed by atoms with Gasteiger partial charge in [0.2, 0.25) is 0 Å². The maximum atomic E-state index is 11.1. The first-order chi connectivity index (χ1) is 8.13. The molecule has 0 amide bonds. The van der Waals surface area contributed by atoms with Crippen LogP contribution in [-0.4, -0.2) is 64.9 Å². The molecule has 17 heavy (non-hydrogen) atoms. The second-order valence-electron chi connectivity index (χ2n) is 3.88. The van der Waals surface area contributed by atoms with Crippen LogP contribution >= 0.6 is 0 Å². The van der Waals surface area contributed by atoms with Crippen LogP contribution in [0.25, 0.3) is 0 Å². The van der Waals surface area contributed by atoms with Gasteiger partial charge < -0.3 is 23.7 Å². The summed E-state index contributed by atoms with van der Waals surface area (Å²) in [5.74, 6) is -0.364. The third-order valence-electron chi connectivity index (χ3n) is 2.74. The van der Waals surface area contributed by atoms with E-state index in [0.717, 1.165) is 0 Å². The van der Waals surface area contributed by atoms with Crippen molar-refractivity contribution in [2.24, 2.45) is 0 Å². The molecule has 1 rings (SSSR count). The number of rotatable bonds is 5. The van der Waals surface area contributed by atoms with Crippen LogP contribution < -0.4 is 0 Å². The number of hydrogen-bond acceptors (Lipinski definition) is 6. The minimum atomic E-state index is -0.476. The molecule has 6 nitrogen and oxygen atoms in total. The smallest absolute Gasteiger partial charge is 0.303 e. The number of ether oxygens (including phenoxy) is 5. The molecule has 0 bridgehead atoms. The summed E-state index contributed by atoms with van der Waals surface area (Å²) >= 11 is 0. The van der Waals surface area contributed by atoms with E-state index in [4.69, 9.17) is 23.7 Å². The fourth-order valence-electron chi connectivity index (χ4n) is 1.96. The molecule has 1 aliphatic rings. The molecule has 100 valence electrons. The Kier molecular flexibility index (Phi) is 5.84. The van der Waals surface area contributed by atoms with Gasteiger partial charge in [-0.3, -0.25) is 4.79 Å². The molecule has 0 radical (unpaired) electrons. The van der Waals surface area contributed by atoms with Crippen LogP contribution in [0.2, 0.25) is 0 Å².